The first-order valence-electron chi connectivity index (χ1n) is 5.56. The fraction of sp³-hybridized carbons (Fsp3) is 0.545. The number of pyridine rings is 1. The molecule has 0 radical (unpaired) electrons. The first-order valence-corrected chi connectivity index (χ1v) is 5.56. The van der Waals surface area contributed by atoms with E-state index in [-0.39, 0.29) is 0 Å². The SMILES string of the molecule is CC(Nc1ccnc(NN)c1)C1CCOC1. The third kappa shape index (κ3) is 2.62. The molecule has 4 N–H and O–H groups in total. The number of anilines is 2. The standard InChI is InChI=1S/C11H18N4O/c1-8(9-3-5-16-7-9)14-10-2-4-13-11(6-10)15-12/h2,4,6,8-9H,3,5,7,12H2,1H3,(H2,13,14,15). The molecule has 0 bridgehead atoms. The van der Waals surface area contributed by atoms with Crippen molar-refractivity contribution in [1.82, 2.24) is 4.98 Å². The zero-order valence-corrected chi connectivity index (χ0v) is 9.44. The van der Waals surface area contributed by atoms with Gasteiger partial charge in [-0.3, -0.25) is 0 Å². The second-order valence-corrected chi connectivity index (χ2v) is 4.13. The van der Waals surface area contributed by atoms with Gasteiger partial charge >= 0.3 is 0 Å². The van der Waals surface area contributed by atoms with Crippen molar-refractivity contribution in [1.29, 1.82) is 0 Å². The highest BCUT2D eigenvalue weighted by atomic mass is 16.5. The lowest BCUT2D eigenvalue weighted by Gasteiger charge is -2.20. The van der Waals surface area contributed by atoms with Crippen LogP contribution in [-0.4, -0.2) is 24.2 Å². The molecule has 1 aromatic heterocycles. The smallest absolute Gasteiger partial charge is 0.141 e. The maximum Gasteiger partial charge on any atom is 0.141 e. The van der Waals surface area contributed by atoms with Crippen molar-refractivity contribution in [3.8, 4) is 0 Å². The number of nitrogens with two attached hydrogens (primary N) is 1. The first kappa shape index (κ1) is 11.2. The number of nitrogens with zero attached hydrogens (tertiary/aromatic N) is 1. The minimum Gasteiger partial charge on any atom is -0.382 e. The number of nitrogens with one attached hydrogen (secondary N) is 2. The molecule has 1 aliphatic rings. The molecule has 1 saturated heterocycles. The van der Waals surface area contributed by atoms with E-state index in [9.17, 15) is 0 Å². The van der Waals surface area contributed by atoms with Gasteiger partial charge in [-0.15, -0.1) is 0 Å². The molecule has 0 aromatic carbocycles. The summed E-state index contributed by atoms with van der Waals surface area (Å²) >= 11 is 0. The summed E-state index contributed by atoms with van der Waals surface area (Å²) in [6, 6.07) is 4.23. The molecule has 0 saturated carbocycles. The number of hydrazine groups is 1. The number of ether oxygens (including phenoxy) is 1. The molecule has 5 nitrogen and oxygen atoms in total. The topological polar surface area (TPSA) is 72.2 Å². The number of aromatic nitrogens is 1. The Labute approximate surface area is 95.4 Å². The molecule has 1 aromatic rings. The molecule has 88 valence electrons. The Hall–Kier alpha value is -1.33. The molecule has 0 amide bonds. The van der Waals surface area contributed by atoms with Crippen LogP contribution in [0.5, 0.6) is 0 Å². The fourth-order valence-corrected chi connectivity index (χ4v) is 1.93. The summed E-state index contributed by atoms with van der Waals surface area (Å²) < 4.78 is 5.38. The molecule has 16 heavy (non-hydrogen) atoms. The lowest BCUT2D eigenvalue weighted by Crippen LogP contribution is -2.26. The summed E-state index contributed by atoms with van der Waals surface area (Å²) in [7, 11) is 0. The minimum absolute atomic E-state index is 0.399. The summed E-state index contributed by atoms with van der Waals surface area (Å²) in [6.07, 6.45) is 2.86. The normalized spacial score (nSPS) is 21.8. The van der Waals surface area contributed by atoms with Crippen molar-refractivity contribution in [2.45, 2.75) is 19.4 Å². The van der Waals surface area contributed by atoms with Crippen molar-refractivity contribution < 1.29 is 4.74 Å². The zero-order valence-electron chi connectivity index (χ0n) is 9.44. The molecule has 2 rings (SSSR count). The summed E-state index contributed by atoms with van der Waals surface area (Å²) in [5.41, 5.74) is 3.56. The van der Waals surface area contributed by atoms with Crippen molar-refractivity contribution in [2.75, 3.05) is 24.0 Å². The van der Waals surface area contributed by atoms with E-state index in [1.807, 2.05) is 12.1 Å². The quantitative estimate of drug-likeness (QED) is 0.527. The van der Waals surface area contributed by atoms with Crippen LogP contribution in [0.4, 0.5) is 11.5 Å². The molecule has 2 unspecified atom stereocenters. The van der Waals surface area contributed by atoms with E-state index in [1.165, 1.54) is 0 Å². The molecule has 1 fully saturated rings. The predicted octanol–water partition coefficient (Wildman–Crippen LogP) is 1.20. The van der Waals surface area contributed by atoms with E-state index < -0.39 is 0 Å². The highest BCUT2D eigenvalue weighted by Gasteiger charge is 2.21. The van der Waals surface area contributed by atoms with Crippen molar-refractivity contribution in [2.24, 2.45) is 11.8 Å². The van der Waals surface area contributed by atoms with Crippen LogP contribution in [0.1, 0.15) is 13.3 Å². The van der Waals surface area contributed by atoms with E-state index in [4.69, 9.17) is 10.6 Å². The third-order valence-corrected chi connectivity index (χ3v) is 2.97. The van der Waals surface area contributed by atoms with E-state index in [0.29, 0.717) is 17.8 Å². The molecule has 0 aliphatic carbocycles. The van der Waals surface area contributed by atoms with Gasteiger partial charge in [-0.1, -0.05) is 0 Å². The zero-order chi connectivity index (χ0) is 11.4. The number of hydrogen-bond acceptors (Lipinski definition) is 5. The van der Waals surface area contributed by atoms with Crippen LogP contribution in [-0.2, 0) is 4.74 Å². The average Bonchev–Trinajstić information content (AvgIpc) is 2.83. The van der Waals surface area contributed by atoms with Crippen LogP contribution in [0.2, 0.25) is 0 Å². The van der Waals surface area contributed by atoms with Gasteiger partial charge < -0.3 is 15.5 Å². The van der Waals surface area contributed by atoms with Crippen LogP contribution in [0.25, 0.3) is 0 Å². The molecular weight excluding hydrogens is 204 g/mol. The minimum atomic E-state index is 0.399. The monoisotopic (exact) mass is 222 g/mol. The summed E-state index contributed by atoms with van der Waals surface area (Å²) in [6.45, 7) is 3.90. The molecular formula is C11H18N4O. The number of hydrogen-bond donors (Lipinski definition) is 3. The largest absolute Gasteiger partial charge is 0.382 e. The number of nitrogen functional groups attached to an aromatic ring is 1. The molecule has 0 spiro atoms. The van der Waals surface area contributed by atoms with Gasteiger partial charge in [-0.25, -0.2) is 10.8 Å². The van der Waals surface area contributed by atoms with Gasteiger partial charge in [0.1, 0.15) is 5.82 Å². The third-order valence-electron chi connectivity index (χ3n) is 2.97. The van der Waals surface area contributed by atoms with E-state index >= 15 is 0 Å². The van der Waals surface area contributed by atoms with Gasteiger partial charge in [-0.2, -0.15) is 0 Å². The van der Waals surface area contributed by atoms with Crippen LogP contribution >= 0.6 is 0 Å². The van der Waals surface area contributed by atoms with Crippen LogP contribution in [0, 0.1) is 5.92 Å². The molecule has 1 aliphatic heterocycles. The number of rotatable bonds is 4. The van der Waals surface area contributed by atoms with Crippen molar-refractivity contribution >= 4 is 11.5 Å². The lowest BCUT2D eigenvalue weighted by atomic mass is 10.0. The van der Waals surface area contributed by atoms with Crippen LogP contribution < -0.4 is 16.6 Å². The van der Waals surface area contributed by atoms with Crippen molar-refractivity contribution in [3.05, 3.63) is 18.3 Å². The summed E-state index contributed by atoms with van der Waals surface area (Å²) in [5.74, 6) is 6.56. The van der Waals surface area contributed by atoms with Gasteiger partial charge in [0, 0.05) is 36.5 Å². The summed E-state index contributed by atoms with van der Waals surface area (Å²) in [4.78, 5) is 4.06. The van der Waals surface area contributed by atoms with Gasteiger partial charge in [-0.05, 0) is 19.4 Å². The van der Waals surface area contributed by atoms with Gasteiger partial charge in [0.25, 0.3) is 0 Å². The maximum absolute atomic E-state index is 5.38. The Kier molecular flexibility index (Phi) is 3.58. The summed E-state index contributed by atoms with van der Waals surface area (Å²) in [5, 5.41) is 3.44. The fourth-order valence-electron chi connectivity index (χ4n) is 1.93. The van der Waals surface area contributed by atoms with Gasteiger partial charge in [0.05, 0.1) is 6.61 Å². The highest BCUT2D eigenvalue weighted by molar-refractivity contribution is 5.51. The first-order chi connectivity index (χ1) is 7.79. The lowest BCUT2D eigenvalue weighted by molar-refractivity contribution is 0.183. The second kappa shape index (κ2) is 5.14. The van der Waals surface area contributed by atoms with Crippen LogP contribution in [0.3, 0.4) is 0 Å². The second-order valence-electron chi connectivity index (χ2n) is 4.13. The predicted molar refractivity (Wildman–Crippen MR) is 64.1 cm³/mol. The van der Waals surface area contributed by atoms with E-state index in [0.717, 1.165) is 25.3 Å². The molecule has 2 heterocycles. The van der Waals surface area contributed by atoms with Crippen LogP contribution in [0.15, 0.2) is 18.3 Å². The Bertz CT molecular complexity index is 339. The highest BCUT2D eigenvalue weighted by Crippen LogP contribution is 2.20. The van der Waals surface area contributed by atoms with Crippen molar-refractivity contribution in [3.63, 3.8) is 0 Å². The van der Waals surface area contributed by atoms with E-state index in [1.54, 1.807) is 6.20 Å². The average molecular weight is 222 g/mol. The Balaban J connectivity index is 1.96. The Morgan fingerprint density at radius 1 is 1.62 bits per heavy atom. The van der Waals surface area contributed by atoms with Gasteiger partial charge in [0.15, 0.2) is 0 Å². The Morgan fingerprint density at radius 2 is 2.50 bits per heavy atom. The van der Waals surface area contributed by atoms with E-state index in [2.05, 4.69) is 22.7 Å². The Morgan fingerprint density at radius 3 is 3.19 bits per heavy atom. The van der Waals surface area contributed by atoms with Gasteiger partial charge in [0.2, 0.25) is 0 Å². The maximum atomic E-state index is 5.38. The molecule has 5 heteroatoms. The molecule has 2 atom stereocenters.